The molecule has 0 aliphatic carbocycles. The van der Waals surface area contributed by atoms with E-state index in [-0.39, 0.29) is 5.66 Å². The molecule has 0 saturated heterocycles. The van der Waals surface area contributed by atoms with Crippen LogP contribution in [0.3, 0.4) is 0 Å². The molecule has 2 unspecified atom stereocenters. The molecule has 3 aromatic rings. The molecule has 0 bridgehead atoms. The first-order valence-electron chi connectivity index (χ1n) is 10.2. The van der Waals surface area contributed by atoms with E-state index in [0.29, 0.717) is 5.75 Å². The van der Waals surface area contributed by atoms with Crippen LogP contribution in [0.2, 0.25) is 0 Å². The fraction of sp³-hybridized carbons (Fsp3) is 0.231. The van der Waals surface area contributed by atoms with Crippen LogP contribution in [0.5, 0.6) is 11.5 Å². The van der Waals surface area contributed by atoms with E-state index in [4.69, 9.17) is 9.26 Å². The second-order valence-electron chi connectivity index (χ2n) is 6.56. The molecule has 1 aliphatic heterocycles. The first-order chi connectivity index (χ1) is 14.5. The van der Waals surface area contributed by atoms with E-state index in [2.05, 4.69) is 6.58 Å². The molecule has 0 radical (unpaired) electrons. The number of hydrogen-bond donors (Lipinski definition) is 0. The Labute approximate surface area is 180 Å². The van der Waals surface area contributed by atoms with Crippen molar-refractivity contribution in [3.05, 3.63) is 91.0 Å². The minimum atomic E-state index is -3.11. The molecule has 158 valence electrons. The van der Waals surface area contributed by atoms with Crippen LogP contribution in [0.15, 0.2) is 85.5 Å². The highest BCUT2D eigenvalue weighted by Gasteiger charge is 2.41. The first kappa shape index (κ1) is 23.5. The predicted molar refractivity (Wildman–Crippen MR) is 128 cm³/mol. The van der Waals surface area contributed by atoms with Gasteiger partial charge in [-0.1, -0.05) is 68.5 Å². The van der Waals surface area contributed by atoms with Crippen LogP contribution in [-0.2, 0) is 4.57 Å². The van der Waals surface area contributed by atoms with Crippen molar-refractivity contribution in [1.82, 2.24) is 0 Å². The van der Waals surface area contributed by atoms with E-state index < -0.39 is 7.37 Å². The third-order valence-corrected chi connectivity index (χ3v) is 7.61. The summed E-state index contributed by atoms with van der Waals surface area (Å²) in [6.45, 7) is 11.2. The summed E-state index contributed by atoms with van der Waals surface area (Å²) in [5, 5.41) is 0.789. The molecule has 3 aromatic carbocycles. The minimum absolute atomic E-state index is 0.257. The van der Waals surface area contributed by atoms with Gasteiger partial charge < -0.3 is 9.26 Å². The zero-order valence-corrected chi connectivity index (χ0v) is 19.4. The fourth-order valence-corrected chi connectivity index (χ4v) is 5.82. The number of rotatable bonds is 3. The number of benzene rings is 3. The van der Waals surface area contributed by atoms with Gasteiger partial charge in [0.1, 0.15) is 11.5 Å². The lowest BCUT2D eigenvalue weighted by Crippen LogP contribution is -2.21. The zero-order valence-electron chi connectivity index (χ0n) is 18.5. The highest BCUT2D eigenvalue weighted by molar-refractivity contribution is 7.68. The number of methoxy groups -OCH3 is 1. The van der Waals surface area contributed by atoms with Crippen LogP contribution >= 0.6 is 7.37 Å². The van der Waals surface area contributed by atoms with E-state index in [0.717, 1.165) is 27.7 Å². The smallest absolute Gasteiger partial charge is 0.284 e. The van der Waals surface area contributed by atoms with Gasteiger partial charge in [0.25, 0.3) is 7.37 Å². The van der Waals surface area contributed by atoms with Crippen LogP contribution in [0.25, 0.3) is 11.1 Å². The van der Waals surface area contributed by atoms with Crippen molar-refractivity contribution >= 4 is 12.7 Å². The standard InChI is InChI=1S/C21H19O3P.C3H6.C2H6/c1-15(16-11-13-17(23-2)14-12-16)25(22)21-10-6-4-8-19(21)18-7-3-5-9-20(18)24-25;1-3-2;1-2/h3-15H,1-2H3;3H,1H2,2H3;1-2H3. The summed E-state index contributed by atoms with van der Waals surface area (Å²) in [6.07, 6.45) is 1.75. The Morgan fingerprint density at radius 1 is 0.933 bits per heavy atom. The van der Waals surface area contributed by atoms with Crippen molar-refractivity contribution in [2.24, 2.45) is 0 Å². The molecule has 3 nitrogen and oxygen atoms in total. The summed E-state index contributed by atoms with van der Waals surface area (Å²) >= 11 is 0. The highest BCUT2D eigenvalue weighted by atomic mass is 31.2. The lowest BCUT2D eigenvalue weighted by Gasteiger charge is -2.32. The van der Waals surface area contributed by atoms with E-state index in [1.54, 1.807) is 13.2 Å². The van der Waals surface area contributed by atoms with Gasteiger partial charge in [0.2, 0.25) is 0 Å². The van der Waals surface area contributed by atoms with E-state index in [9.17, 15) is 4.57 Å². The number of ether oxygens (including phenoxy) is 1. The van der Waals surface area contributed by atoms with Crippen molar-refractivity contribution < 1.29 is 13.8 Å². The average Bonchev–Trinajstić information content (AvgIpc) is 2.81. The number of allylic oxidation sites excluding steroid dienone is 1. The monoisotopic (exact) mass is 422 g/mol. The zero-order chi connectivity index (χ0) is 22.1. The van der Waals surface area contributed by atoms with Crippen molar-refractivity contribution in [3.8, 4) is 22.6 Å². The maximum atomic E-state index is 14.0. The molecule has 4 rings (SSSR count). The summed E-state index contributed by atoms with van der Waals surface area (Å²) < 4.78 is 25.4. The summed E-state index contributed by atoms with van der Waals surface area (Å²) in [7, 11) is -1.48. The van der Waals surface area contributed by atoms with Gasteiger partial charge in [0.15, 0.2) is 0 Å². The Hall–Kier alpha value is -2.77. The predicted octanol–water partition coefficient (Wildman–Crippen LogP) is 7.64. The molecule has 4 heteroatoms. The SMILES string of the molecule is C=CC.CC.COc1ccc(C(C)P2(=O)Oc3ccccc3-c3ccccc32)cc1. The Morgan fingerprint density at radius 3 is 2.07 bits per heavy atom. The van der Waals surface area contributed by atoms with Crippen molar-refractivity contribution in [2.75, 3.05) is 7.11 Å². The summed E-state index contributed by atoms with van der Waals surface area (Å²) in [5.74, 6) is 1.47. The normalized spacial score (nSPS) is 16.7. The Bertz CT molecular complexity index is 1010. The lowest BCUT2D eigenvalue weighted by atomic mass is 10.0. The van der Waals surface area contributed by atoms with Crippen molar-refractivity contribution in [2.45, 2.75) is 33.4 Å². The van der Waals surface area contributed by atoms with Gasteiger partial charge in [-0.25, -0.2) is 0 Å². The maximum absolute atomic E-state index is 14.0. The minimum Gasteiger partial charge on any atom is -0.497 e. The van der Waals surface area contributed by atoms with Gasteiger partial charge in [-0.3, -0.25) is 4.57 Å². The van der Waals surface area contributed by atoms with E-state index >= 15 is 0 Å². The average molecular weight is 423 g/mol. The third-order valence-electron chi connectivity index (χ3n) is 4.76. The Balaban J connectivity index is 0.000000590. The molecular weight excluding hydrogens is 391 g/mol. The first-order valence-corrected chi connectivity index (χ1v) is 11.9. The van der Waals surface area contributed by atoms with Gasteiger partial charge in [-0.15, -0.1) is 6.58 Å². The van der Waals surface area contributed by atoms with Gasteiger partial charge in [0, 0.05) is 5.56 Å². The number of fused-ring (bicyclic) bond motifs is 3. The van der Waals surface area contributed by atoms with Gasteiger partial charge in [-0.2, -0.15) is 0 Å². The summed E-state index contributed by atoms with van der Waals surface area (Å²) in [4.78, 5) is 0. The molecule has 1 heterocycles. The van der Waals surface area contributed by atoms with Crippen LogP contribution in [0.4, 0.5) is 0 Å². The summed E-state index contributed by atoms with van der Waals surface area (Å²) in [6, 6.07) is 23.3. The van der Waals surface area contributed by atoms with Gasteiger partial charge >= 0.3 is 0 Å². The maximum Gasteiger partial charge on any atom is 0.284 e. The molecule has 1 aliphatic rings. The van der Waals surface area contributed by atoms with Crippen LogP contribution in [-0.4, -0.2) is 7.11 Å². The van der Waals surface area contributed by atoms with Crippen LogP contribution in [0, 0.1) is 0 Å². The highest BCUT2D eigenvalue weighted by Crippen LogP contribution is 2.63. The quantitative estimate of drug-likeness (QED) is 0.321. The summed E-state index contributed by atoms with van der Waals surface area (Å²) in [5.41, 5.74) is 2.70. The molecule has 0 aromatic heterocycles. The van der Waals surface area contributed by atoms with E-state index in [1.165, 1.54) is 0 Å². The molecule has 0 N–H and O–H groups in total. The number of para-hydroxylation sites is 1. The fourth-order valence-electron chi connectivity index (χ4n) is 3.30. The molecule has 0 saturated carbocycles. The molecular formula is C26H31O3P. The Morgan fingerprint density at radius 2 is 1.47 bits per heavy atom. The van der Waals surface area contributed by atoms with Crippen molar-refractivity contribution in [3.63, 3.8) is 0 Å². The largest absolute Gasteiger partial charge is 0.497 e. The van der Waals surface area contributed by atoms with Crippen molar-refractivity contribution in [1.29, 1.82) is 0 Å². The van der Waals surface area contributed by atoms with Crippen LogP contribution < -0.4 is 14.6 Å². The topological polar surface area (TPSA) is 35.5 Å². The Kier molecular flexibility index (Phi) is 8.50. The van der Waals surface area contributed by atoms with Crippen LogP contribution in [0.1, 0.15) is 38.9 Å². The van der Waals surface area contributed by atoms with E-state index in [1.807, 2.05) is 100 Å². The molecule has 2 atom stereocenters. The second-order valence-corrected chi connectivity index (χ2v) is 9.19. The molecule has 0 amide bonds. The third kappa shape index (κ3) is 4.68. The molecule has 30 heavy (non-hydrogen) atoms. The second kappa shape index (κ2) is 10.8. The lowest BCUT2D eigenvalue weighted by molar-refractivity contribution is 0.414. The number of hydrogen-bond acceptors (Lipinski definition) is 3. The molecule has 0 spiro atoms. The molecule has 0 fully saturated rings. The van der Waals surface area contributed by atoms with Gasteiger partial charge in [-0.05, 0) is 49.2 Å². The van der Waals surface area contributed by atoms with Gasteiger partial charge in [0.05, 0.1) is 18.1 Å².